The molecule has 16 heavy (non-hydrogen) atoms. The van der Waals surface area contributed by atoms with Crippen molar-refractivity contribution in [1.82, 2.24) is 0 Å². The number of rotatable bonds is 6. The number of halogens is 2. The highest BCUT2D eigenvalue weighted by molar-refractivity contribution is 9.10. The minimum Gasteiger partial charge on any atom is -0.294 e. The lowest BCUT2D eigenvalue weighted by atomic mass is 10.0. The second-order valence-corrected chi connectivity index (χ2v) is 5.24. The summed E-state index contributed by atoms with van der Waals surface area (Å²) in [5, 5.41) is 0.603. The van der Waals surface area contributed by atoms with Crippen molar-refractivity contribution in [1.29, 1.82) is 0 Å². The quantitative estimate of drug-likeness (QED) is 0.518. The molecule has 0 fully saturated rings. The molecule has 1 aromatic rings. The molecule has 0 saturated carbocycles. The number of Topliss-reactive ketones (excluding diaryl/α,β-unsaturated/α-hetero) is 1. The van der Waals surface area contributed by atoms with Crippen LogP contribution in [0.25, 0.3) is 0 Å². The molecule has 0 aromatic heterocycles. The standard InChI is InChI=1S/C13H16BrClO/c1-2-3-4-5-6-13(16)10-7-11(14)9-12(15)8-10/h7-9H,2-6H2,1H3. The van der Waals surface area contributed by atoms with Crippen LogP contribution in [0.3, 0.4) is 0 Å². The number of benzene rings is 1. The van der Waals surface area contributed by atoms with Gasteiger partial charge in [0.25, 0.3) is 0 Å². The van der Waals surface area contributed by atoms with Gasteiger partial charge in [0, 0.05) is 21.5 Å². The fourth-order valence-electron chi connectivity index (χ4n) is 1.57. The molecule has 0 N–H and O–H groups in total. The Morgan fingerprint density at radius 3 is 2.62 bits per heavy atom. The van der Waals surface area contributed by atoms with Crippen LogP contribution < -0.4 is 0 Å². The number of unbranched alkanes of at least 4 members (excludes halogenated alkanes) is 3. The average Bonchev–Trinajstić information content (AvgIpc) is 2.22. The second-order valence-electron chi connectivity index (χ2n) is 3.89. The Hall–Kier alpha value is -0.340. The third kappa shape index (κ3) is 4.67. The lowest BCUT2D eigenvalue weighted by molar-refractivity contribution is 0.0979. The van der Waals surface area contributed by atoms with E-state index in [2.05, 4.69) is 22.9 Å². The van der Waals surface area contributed by atoms with Crippen molar-refractivity contribution in [2.75, 3.05) is 0 Å². The second kappa shape index (κ2) is 7.08. The minimum atomic E-state index is 0.180. The molecular weight excluding hydrogens is 287 g/mol. The van der Waals surface area contributed by atoms with Gasteiger partial charge in [-0.15, -0.1) is 0 Å². The van der Waals surface area contributed by atoms with Crippen LogP contribution in [0.4, 0.5) is 0 Å². The molecule has 0 spiro atoms. The molecule has 0 unspecified atom stereocenters. The Balaban J connectivity index is 2.52. The number of carbonyl (C=O) groups is 1. The first kappa shape index (κ1) is 13.7. The van der Waals surface area contributed by atoms with Crippen molar-refractivity contribution in [2.24, 2.45) is 0 Å². The van der Waals surface area contributed by atoms with E-state index in [1.165, 1.54) is 12.8 Å². The van der Waals surface area contributed by atoms with Gasteiger partial charge in [-0.1, -0.05) is 53.7 Å². The first-order valence-electron chi connectivity index (χ1n) is 5.62. The van der Waals surface area contributed by atoms with E-state index in [9.17, 15) is 4.79 Å². The molecule has 0 aliphatic rings. The normalized spacial score (nSPS) is 10.4. The van der Waals surface area contributed by atoms with E-state index in [0.29, 0.717) is 17.0 Å². The van der Waals surface area contributed by atoms with Gasteiger partial charge in [0.15, 0.2) is 5.78 Å². The summed E-state index contributed by atoms with van der Waals surface area (Å²) in [7, 11) is 0. The predicted octanol–water partition coefficient (Wildman–Crippen LogP) is 5.26. The molecule has 0 bridgehead atoms. The van der Waals surface area contributed by atoms with Crippen LogP contribution in [0, 0.1) is 0 Å². The molecule has 1 nitrogen and oxygen atoms in total. The van der Waals surface area contributed by atoms with Crippen molar-refractivity contribution in [2.45, 2.75) is 39.0 Å². The SMILES string of the molecule is CCCCCCC(=O)c1cc(Cl)cc(Br)c1. The van der Waals surface area contributed by atoms with Crippen molar-refractivity contribution in [3.8, 4) is 0 Å². The van der Waals surface area contributed by atoms with Gasteiger partial charge in [-0.3, -0.25) is 4.79 Å². The van der Waals surface area contributed by atoms with E-state index in [4.69, 9.17) is 11.6 Å². The monoisotopic (exact) mass is 302 g/mol. The van der Waals surface area contributed by atoms with Gasteiger partial charge in [-0.25, -0.2) is 0 Å². The van der Waals surface area contributed by atoms with E-state index < -0.39 is 0 Å². The van der Waals surface area contributed by atoms with Gasteiger partial charge in [0.1, 0.15) is 0 Å². The zero-order valence-electron chi connectivity index (χ0n) is 9.43. The lowest BCUT2D eigenvalue weighted by Gasteiger charge is -2.02. The molecule has 0 heterocycles. The average molecular weight is 304 g/mol. The molecule has 0 amide bonds. The summed E-state index contributed by atoms with van der Waals surface area (Å²) in [5.74, 6) is 0.180. The molecule has 88 valence electrons. The Kier molecular flexibility index (Phi) is 6.07. The lowest BCUT2D eigenvalue weighted by Crippen LogP contribution is -1.99. The summed E-state index contributed by atoms with van der Waals surface area (Å²) >= 11 is 9.23. The first-order valence-corrected chi connectivity index (χ1v) is 6.80. The first-order chi connectivity index (χ1) is 7.63. The predicted molar refractivity (Wildman–Crippen MR) is 72.2 cm³/mol. The van der Waals surface area contributed by atoms with Gasteiger partial charge in [0.2, 0.25) is 0 Å². The highest BCUT2D eigenvalue weighted by atomic mass is 79.9. The fourth-order valence-corrected chi connectivity index (χ4v) is 2.43. The van der Waals surface area contributed by atoms with Gasteiger partial charge < -0.3 is 0 Å². The fraction of sp³-hybridized carbons (Fsp3) is 0.462. The molecule has 1 rings (SSSR count). The molecule has 1 aromatic carbocycles. The maximum absolute atomic E-state index is 11.8. The molecule has 0 aliphatic heterocycles. The van der Waals surface area contributed by atoms with Crippen LogP contribution in [-0.2, 0) is 0 Å². The van der Waals surface area contributed by atoms with Crippen LogP contribution in [-0.4, -0.2) is 5.78 Å². The van der Waals surface area contributed by atoms with Gasteiger partial charge in [0.05, 0.1) is 0 Å². The Morgan fingerprint density at radius 1 is 1.25 bits per heavy atom. The van der Waals surface area contributed by atoms with E-state index in [1.807, 2.05) is 6.07 Å². The van der Waals surface area contributed by atoms with Crippen LogP contribution in [0.1, 0.15) is 49.4 Å². The number of carbonyl (C=O) groups excluding carboxylic acids is 1. The zero-order chi connectivity index (χ0) is 12.0. The topological polar surface area (TPSA) is 17.1 Å². The van der Waals surface area contributed by atoms with Crippen molar-refractivity contribution in [3.63, 3.8) is 0 Å². The third-order valence-corrected chi connectivity index (χ3v) is 3.12. The Labute approximate surface area is 110 Å². The molecule has 0 atom stereocenters. The van der Waals surface area contributed by atoms with Crippen molar-refractivity contribution < 1.29 is 4.79 Å². The van der Waals surface area contributed by atoms with E-state index in [0.717, 1.165) is 17.3 Å². The molecule has 0 aliphatic carbocycles. The number of hydrogen-bond acceptors (Lipinski definition) is 1. The summed E-state index contributed by atoms with van der Waals surface area (Å²) in [6, 6.07) is 5.35. The molecule has 0 radical (unpaired) electrons. The smallest absolute Gasteiger partial charge is 0.162 e. The van der Waals surface area contributed by atoms with E-state index in [-0.39, 0.29) is 5.78 Å². The van der Waals surface area contributed by atoms with Crippen LogP contribution in [0.2, 0.25) is 5.02 Å². The summed E-state index contributed by atoms with van der Waals surface area (Å²) in [6.45, 7) is 2.16. The van der Waals surface area contributed by atoms with E-state index >= 15 is 0 Å². The van der Waals surface area contributed by atoms with Crippen molar-refractivity contribution in [3.05, 3.63) is 33.3 Å². The number of hydrogen-bond donors (Lipinski definition) is 0. The highest BCUT2D eigenvalue weighted by Crippen LogP contribution is 2.21. The van der Waals surface area contributed by atoms with Crippen LogP contribution >= 0.6 is 27.5 Å². The maximum atomic E-state index is 11.8. The van der Waals surface area contributed by atoms with Gasteiger partial charge in [-0.2, -0.15) is 0 Å². The molecular formula is C13H16BrClO. The largest absolute Gasteiger partial charge is 0.294 e. The number of ketones is 1. The van der Waals surface area contributed by atoms with E-state index in [1.54, 1.807) is 12.1 Å². The summed E-state index contributed by atoms with van der Waals surface area (Å²) in [4.78, 5) is 11.8. The summed E-state index contributed by atoms with van der Waals surface area (Å²) in [6.07, 6.45) is 5.11. The summed E-state index contributed by atoms with van der Waals surface area (Å²) in [5.41, 5.74) is 0.705. The van der Waals surface area contributed by atoms with Gasteiger partial charge >= 0.3 is 0 Å². The summed E-state index contributed by atoms with van der Waals surface area (Å²) < 4.78 is 0.858. The highest BCUT2D eigenvalue weighted by Gasteiger charge is 2.07. The van der Waals surface area contributed by atoms with Crippen molar-refractivity contribution >= 4 is 33.3 Å². The van der Waals surface area contributed by atoms with Gasteiger partial charge in [-0.05, 0) is 24.6 Å². The minimum absolute atomic E-state index is 0.180. The van der Waals surface area contributed by atoms with Crippen LogP contribution in [0.5, 0.6) is 0 Å². The maximum Gasteiger partial charge on any atom is 0.162 e. The Bertz CT molecular complexity index is 343. The molecule has 0 saturated heterocycles. The molecule has 3 heteroatoms. The third-order valence-electron chi connectivity index (χ3n) is 2.44. The van der Waals surface area contributed by atoms with Crippen LogP contribution in [0.15, 0.2) is 22.7 Å². The Morgan fingerprint density at radius 2 is 2.00 bits per heavy atom. The zero-order valence-corrected chi connectivity index (χ0v) is 11.8.